The number of aromatic amines is 1. The van der Waals surface area contributed by atoms with E-state index >= 15 is 0 Å². The van der Waals surface area contributed by atoms with Gasteiger partial charge in [0.2, 0.25) is 5.95 Å². The van der Waals surface area contributed by atoms with Crippen LogP contribution in [0, 0.1) is 0 Å². The number of ether oxygens (including phenoxy) is 1. The van der Waals surface area contributed by atoms with Gasteiger partial charge in [-0.1, -0.05) is 0 Å². The number of fused-ring (bicyclic) bond motifs is 2. The minimum atomic E-state index is 0.379. The molecule has 0 aliphatic heterocycles. The zero-order valence-electron chi connectivity index (χ0n) is 18.7. The summed E-state index contributed by atoms with van der Waals surface area (Å²) < 4.78 is 9.16. The lowest BCUT2D eigenvalue weighted by Crippen LogP contribution is -2.29. The van der Waals surface area contributed by atoms with Crippen LogP contribution in [0.15, 0.2) is 49.3 Å². The normalized spacial score (nSPS) is 18.8. The van der Waals surface area contributed by atoms with Gasteiger partial charge in [0.25, 0.3) is 0 Å². The van der Waals surface area contributed by atoms with Gasteiger partial charge in [0.15, 0.2) is 0 Å². The largest absolute Gasteiger partial charge is 0.381 e. The number of nitrogens with zero attached hydrogens (tertiary/aromatic N) is 6. The van der Waals surface area contributed by atoms with Gasteiger partial charge in [-0.2, -0.15) is 15.2 Å². The van der Waals surface area contributed by atoms with Crippen LogP contribution in [-0.4, -0.2) is 53.6 Å². The Morgan fingerprint density at radius 2 is 1.94 bits per heavy atom. The SMILES string of the molecule is COC1CCC(Nc2ncc3c(-c4ccn5ncc(-c6cnn(C)c6)c5c4)c[nH]c3n2)CC1. The quantitative estimate of drug-likeness (QED) is 0.426. The molecule has 1 fully saturated rings. The van der Waals surface area contributed by atoms with Gasteiger partial charge in [-0.15, -0.1) is 0 Å². The van der Waals surface area contributed by atoms with E-state index in [1.54, 1.807) is 11.8 Å². The monoisotopic (exact) mass is 442 g/mol. The molecule has 0 aromatic carbocycles. The van der Waals surface area contributed by atoms with E-state index in [9.17, 15) is 0 Å². The van der Waals surface area contributed by atoms with Gasteiger partial charge in [-0.25, -0.2) is 9.50 Å². The van der Waals surface area contributed by atoms with Crippen molar-refractivity contribution in [2.24, 2.45) is 7.05 Å². The maximum absolute atomic E-state index is 5.47. The third-order valence-electron chi connectivity index (χ3n) is 6.62. The van der Waals surface area contributed by atoms with Gasteiger partial charge >= 0.3 is 0 Å². The van der Waals surface area contributed by atoms with E-state index in [-0.39, 0.29) is 0 Å². The van der Waals surface area contributed by atoms with Crippen LogP contribution in [0.1, 0.15) is 25.7 Å². The van der Waals surface area contributed by atoms with E-state index in [0.717, 1.165) is 64.5 Å². The van der Waals surface area contributed by atoms with E-state index in [1.165, 1.54) is 0 Å². The van der Waals surface area contributed by atoms with E-state index in [0.29, 0.717) is 18.1 Å². The number of aromatic nitrogens is 7. The van der Waals surface area contributed by atoms with Crippen LogP contribution in [0.3, 0.4) is 0 Å². The van der Waals surface area contributed by atoms with Crippen molar-refractivity contribution in [3.05, 3.63) is 49.3 Å². The van der Waals surface area contributed by atoms with Gasteiger partial charge < -0.3 is 15.0 Å². The average Bonchev–Trinajstić information content (AvgIpc) is 3.56. The maximum atomic E-state index is 5.47. The van der Waals surface area contributed by atoms with E-state index in [1.807, 2.05) is 48.7 Å². The molecule has 5 heterocycles. The van der Waals surface area contributed by atoms with Crippen LogP contribution < -0.4 is 5.32 Å². The molecule has 2 N–H and O–H groups in total. The highest BCUT2D eigenvalue weighted by molar-refractivity contribution is 5.95. The predicted molar refractivity (Wildman–Crippen MR) is 127 cm³/mol. The van der Waals surface area contributed by atoms with Gasteiger partial charge in [0, 0.05) is 67.1 Å². The highest BCUT2D eigenvalue weighted by Crippen LogP contribution is 2.32. The van der Waals surface area contributed by atoms with Crippen molar-refractivity contribution in [2.75, 3.05) is 12.4 Å². The van der Waals surface area contributed by atoms with E-state index in [4.69, 9.17) is 9.72 Å². The van der Waals surface area contributed by atoms with Crippen molar-refractivity contribution in [3.8, 4) is 22.3 Å². The number of methoxy groups -OCH3 is 1. The topological polar surface area (TPSA) is 98.0 Å². The number of hydrogen-bond donors (Lipinski definition) is 2. The smallest absolute Gasteiger partial charge is 0.224 e. The Hall–Kier alpha value is -3.72. The zero-order valence-corrected chi connectivity index (χ0v) is 18.7. The molecule has 33 heavy (non-hydrogen) atoms. The first-order valence-electron chi connectivity index (χ1n) is 11.3. The summed E-state index contributed by atoms with van der Waals surface area (Å²) in [5.74, 6) is 0.668. The minimum Gasteiger partial charge on any atom is -0.381 e. The van der Waals surface area contributed by atoms with Gasteiger partial charge in [-0.3, -0.25) is 4.68 Å². The first-order chi connectivity index (χ1) is 16.2. The minimum absolute atomic E-state index is 0.379. The van der Waals surface area contributed by atoms with Crippen LogP contribution in [0.5, 0.6) is 0 Å². The van der Waals surface area contributed by atoms with Crippen LogP contribution in [-0.2, 0) is 11.8 Å². The lowest BCUT2D eigenvalue weighted by molar-refractivity contribution is 0.0681. The third-order valence-corrected chi connectivity index (χ3v) is 6.62. The molecular formula is C24H26N8O. The average molecular weight is 443 g/mol. The van der Waals surface area contributed by atoms with Crippen LogP contribution in [0.4, 0.5) is 5.95 Å². The summed E-state index contributed by atoms with van der Waals surface area (Å²) >= 11 is 0. The molecule has 0 amide bonds. The van der Waals surface area contributed by atoms with Gasteiger partial charge in [0.1, 0.15) is 5.65 Å². The molecule has 1 aliphatic carbocycles. The molecule has 0 atom stereocenters. The van der Waals surface area contributed by atoms with E-state index in [2.05, 4.69) is 37.6 Å². The lowest BCUT2D eigenvalue weighted by atomic mass is 9.93. The number of hydrogen-bond acceptors (Lipinski definition) is 6. The molecule has 5 aromatic rings. The molecular weight excluding hydrogens is 416 g/mol. The number of rotatable bonds is 5. The van der Waals surface area contributed by atoms with Gasteiger partial charge in [0.05, 0.1) is 24.0 Å². The number of pyridine rings is 1. The lowest BCUT2D eigenvalue weighted by Gasteiger charge is -2.28. The molecule has 1 aliphatic rings. The van der Waals surface area contributed by atoms with Crippen LogP contribution in [0.25, 0.3) is 38.8 Å². The molecule has 1 saturated carbocycles. The number of aryl methyl sites for hydroxylation is 1. The fourth-order valence-corrected chi connectivity index (χ4v) is 4.77. The predicted octanol–water partition coefficient (Wildman–Crippen LogP) is 4.04. The summed E-state index contributed by atoms with van der Waals surface area (Å²) in [6.45, 7) is 0. The van der Waals surface area contributed by atoms with Gasteiger partial charge in [-0.05, 0) is 43.4 Å². The van der Waals surface area contributed by atoms with Crippen molar-refractivity contribution in [1.29, 1.82) is 0 Å². The fourth-order valence-electron chi connectivity index (χ4n) is 4.77. The van der Waals surface area contributed by atoms with Crippen molar-refractivity contribution in [3.63, 3.8) is 0 Å². The van der Waals surface area contributed by atoms with Crippen molar-refractivity contribution >= 4 is 22.5 Å². The molecule has 0 saturated heterocycles. The Morgan fingerprint density at radius 3 is 2.73 bits per heavy atom. The van der Waals surface area contributed by atoms with E-state index < -0.39 is 0 Å². The highest BCUT2D eigenvalue weighted by atomic mass is 16.5. The van der Waals surface area contributed by atoms with Crippen molar-refractivity contribution < 1.29 is 4.74 Å². The number of H-pyrrole nitrogens is 1. The first-order valence-corrected chi connectivity index (χ1v) is 11.3. The van der Waals surface area contributed by atoms with Crippen molar-refractivity contribution in [1.82, 2.24) is 34.3 Å². The second-order valence-electron chi connectivity index (χ2n) is 8.72. The summed E-state index contributed by atoms with van der Waals surface area (Å²) in [7, 11) is 3.71. The molecule has 0 unspecified atom stereocenters. The second-order valence-corrected chi connectivity index (χ2v) is 8.72. The van der Waals surface area contributed by atoms with Crippen molar-refractivity contribution in [2.45, 2.75) is 37.8 Å². The molecule has 9 nitrogen and oxygen atoms in total. The molecule has 6 rings (SSSR count). The Balaban J connectivity index is 1.29. The summed E-state index contributed by atoms with van der Waals surface area (Å²) in [5, 5.41) is 13.3. The Kier molecular flexibility index (Phi) is 4.83. The summed E-state index contributed by atoms with van der Waals surface area (Å²) in [5.41, 5.74) is 6.10. The van der Waals surface area contributed by atoms with Crippen LogP contribution in [0.2, 0.25) is 0 Å². The second kappa shape index (κ2) is 8.00. The molecule has 168 valence electrons. The Morgan fingerprint density at radius 1 is 1.06 bits per heavy atom. The highest BCUT2D eigenvalue weighted by Gasteiger charge is 2.21. The summed E-state index contributed by atoms with van der Waals surface area (Å²) in [6.07, 6.45) is 16.3. The molecule has 9 heteroatoms. The first kappa shape index (κ1) is 19.9. The number of nitrogens with one attached hydrogen (secondary N) is 2. The molecule has 5 aromatic heterocycles. The molecule has 0 bridgehead atoms. The molecule has 0 radical (unpaired) electrons. The fraction of sp³-hybridized carbons (Fsp3) is 0.333. The standard InChI is InChI=1S/C24H26N8O/c1-31-14-16(10-27-31)20-13-28-32-8-7-15(9-22(20)32)19-11-25-23-21(19)12-26-24(30-23)29-17-3-5-18(33-2)6-4-17/h7-14,17-18H,3-6H2,1-2H3,(H2,25,26,29,30). The summed E-state index contributed by atoms with van der Waals surface area (Å²) in [6, 6.07) is 4.60. The maximum Gasteiger partial charge on any atom is 0.224 e. The number of anilines is 1. The summed E-state index contributed by atoms with van der Waals surface area (Å²) in [4.78, 5) is 12.7. The van der Waals surface area contributed by atoms with Crippen LogP contribution >= 0.6 is 0 Å². The molecule has 0 spiro atoms. The Bertz CT molecular complexity index is 1420. The third kappa shape index (κ3) is 3.64. The zero-order chi connectivity index (χ0) is 22.4. The Labute approximate surface area is 190 Å².